The number of amides is 3. The van der Waals surface area contributed by atoms with E-state index in [2.05, 4.69) is 0 Å². The van der Waals surface area contributed by atoms with Crippen LogP contribution in [0, 0.1) is 24.7 Å². The van der Waals surface area contributed by atoms with E-state index in [1.807, 2.05) is 57.2 Å². The Morgan fingerprint density at radius 2 is 1.89 bits per heavy atom. The van der Waals surface area contributed by atoms with Crippen LogP contribution in [0.1, 0.15) is 25.8 Å². The lowest BCUT2D eigenvalue weighted by Gasteiger charge is -2.39. The van der Waals surface area contributed by atoms with Crippen molar-refractivity contribution >= 4 is 46.8 Å². The fraction of sp³-hybridized carbons (Fsp3) is 0.536. The van der Waals surface area contributed by atoms with Gasteiger partial charge in [0.05, 0.1) is 39.9 Å². The monoisotopic (exact) mass is 543 g/mol. The molecule has 1 unspecified atom stereocenters. The first-order chi connectivity index (χ1) is 17.6. The van der Waals surface area contributed by atoms with Gasteiger partial charge in [-0.2, -0.15) is 0 Å². The summed E-state index contributed by atoms with van der Waals surface area (Å²) >= 11 is 8.15. The third-order valence-corrected chi connectivity index (χ3v) is 10.2. The summed E-state index contributed by atoms with van der Waals surface area (Å²) in [5.74, 6) is -1.59. The number of likely N-dealkylation sites (tertiary alicyclic amines) is 1. The predicted molar refractivity (Wildman–Crippen MR) is 147 cm³/mol. The second-order valence-corrected chi connectivity index (χ2v) is 12.9. The number of benzene rings is 1. The average Bonchev–Trinajstić information content (AvgIpc) is 3.18. The molecular weight excluding hydrogens is 510 g/mol. The smallest absolute Gasteiger partial charge is 0.251 e. The first-order valence-corrected chi connectivity index (χ1v) is 14.1. The number of nitrogens with zero attached hydrogens (tertiary/aromatic N) is 3. The van der Waals surface area contributed by atoms with Crippen molar-refractivity contribution in [3.63, 3.8) is 0 Å². The van der Waals surface area contributed by atoms with Gasteiger partial charge in [-0.15, -0.1) is 11.8 Å². The van der Waals surface area contributed by atoms with E-state index in [0.29, 0.717) is 30.2 Å². The van der Waals surface area contributed by atoms with Crippen LogP contribution < -0.4 is 4.90 Å². The molecule has 4 heterocycles. The molecule has 1 spiro atoms. The maximum atomic E-state index is 14.6. The van der Waals surface area contributed by atoms with Crippen LogP contribution >= 0.6 is 23.4 Å². The molecule has 1 aromatic rings. The minimum absolute atomic E-state index is 0.0772. The van der Waals surface area contributed by atoms with Crippen molar-refractivity contribution in [3.05, 3.63) is 53.1 Å². The predicted octanol–water partition coefficient (Wildman–Crippen LogP) is 3.28. The zero-order chi connectivity index (χ0) is 26.6. The Hall–Kier alpha value is -2.29. The van der Waals surface area contributed by atoms with Gasteiger partial charge >= 0.3 is 0 Å². The normalized spacial score (nSPS) is 32.0. The molecule has 37 heavy (non-hydrogen) atoms. The molecule has 4 aliphatic rings. The number of halogens is 1. The molecule has 1 N–H and O–H groups in total. The highest BCUT2D eigenvalue weighted by Crippen LogP contribution is 2.61. The molecular formula is C28H34ClN3O4S. The van der Waals surface area contributed by atoms with Crippen LogP contribution in [0.15, 0.2) is 42.5 Å². The summed E-state index contributed by atoms with van der Waals surface area (Å²) in [4.78, 5) is 47.4. The number of hydrogen-bond acceptors (Lipinski definition) is 5. The van der Waals surface area contributed by atoms with Crippen LogP contribution in [-0.2, 0) is 14.4 Å². The van der Waals surface area contributed by atoms with Gasteiger partial charge in [0, 0.05) is 25.4 Å². The van der Waals surface area contributed by atoms with Gasteiger partial charge in [0.2, 0.25) is 11.8 Å². The van der Waals surface area contributed by atoms with E-state index in [1.165, 1.54) is 0 Å². The largest absolute Gasteiger partial charge is 0.394 e. The summed E-state index contributed by atoms with van der Waals surface area (Å²) in [5.41, 5.74) is 1.49. The number of rotatable bonds is 5. The average molecular weight is 544 g/mol. The Morgan fingerprint density at radius 3 is 2.57 bits per heavy atom. The minimum atomic E-state index is -0.921. The molecule has 0 aliphatic carbocycles. The van der Waals surface area contributed by atoms with Gasteiger partial charge in [0.1, 0.15) is 6.04 Å². The maximum Gasteiger partial charge on any atom is 0.251 e. The van der Waals surface area contributed by atoms with E-state index in [1.54, 1.807) is 39.6 Å². The highest BCUT2D eigenvalue weighted by atomic mass is 35.5. The Kier molecular flexibility index (Phi) is 6.96. The summed E-state index contributed by atoms with van der Waals surface area (Å²) in [6.45, 7) is 6.53. The van der Waals surface area contributed by atoms with Gasteiger partial charge in [-0.25, -0.2) is 0 Å². The Bertz CT molecular complexity index is 1170. The first kappa shape index (κ1) is 26.3. The van der Waals surface area contributed by atoms with E-state index < -0.39 is 28.7 Å². The number of aryl methyl sites for hydroxylation is 1. The number of hydrogen-bond donors (Lipinski definition) is 1. The Labute approximate surface area is 227 Å². The van der Waals surface area contributed by atoms with Crippen molar-refractivity contribution in [2.75, 3.05) is 31.6 Å². The molecule has 198 valence electrons. The zero-order valence-corrected chi connectivity index (χ0v) is 23.2. The molecule has 6 atom stereocenters. The van der Waals surface area contributed by atoms with E-state index in [4.69, 9.17) is 11.6 Å². The summed E-state index contributed by atoms with van der Waals surface area (Å²) < 4.78 is -0.921. The van der Waals surface area contributed by atoms with E-state index >= 15 is 0 Å². The van der Waals surface area contributed by atoms with Crippen LogP contribution in [0.25, 0.3) is 0 Å². The van der Waals surface area contributed by atoms with Crippen LogP contribution in [0.5, 0.6) is 0 Å². The third kappa shape index (κ3) is 4.03. The number of likely N-dealkylation sites (N-methyl/N-ethyl adjacent to an activating group) is 1. The van der Waals surface area contributed by atoms with Gasteiger partial charge in [-0.3, -0.25) is 14.4 Å². The second kappa shape index (κ2) is 9.79. The van der Waals surface area contributed by atoms with Crippen LogP contribution in [0.4, 0.5) is 5.69 Å². The number of aliphatic hydroxyl groups excluding tert-OH is 1. The topological polar surface area (TPSA) is 81.2 Å². The molecule has 3 amide bonds. The van der Waals surface area contributed by atoms with Crippen molar-refractivity contribution in [2.24, 2.45) is 17.8 Å². The highest BCUT2D eigenvalue weighted by Gasteiger charge is 2.71. The molecule has 7 nitrogen and oxygen atoms in total. The number of fused-ring (bicyclic) bond motifs is 2. The van der Waals surface area contributed by atoms with E-state index in [-0.39, 0.29) is 35.5 Å². The molecule has 1 aromatic carbocycles. The zero-order valence-electron chi connectivity index (χ0n) is 21.6. The number of carbonyl (C=O) groups is 3. The fourth-order valence-corrected chi connectivity index (χ4v) is 8.90. The molecule has 2 fully saturated rings. The van der Waals surface area contributed by atoms with Crippen molar-refractivity contribution in [1.29, 1.82) is 0 Å². The number of aliphatic hydroxyl groups is 1. The summed E-state index contributed by atoms with van der Waals surface area (Å²) in [6, 6.07) is 4.13. The Morgan fingerprint density at radius 1 is 1.14 bits per heavy atom. The summed E-state index contributed by atoms with van der Waals surface area (Å²) in [7, 11) is 1.75. The van der Waals surface area contributed by atoms with Gasteiger partial charge in [0.15, 0.2) is 0 Å². The summed E-state index contributed by atoms with van der Waals surface area (Å²) in [6.07, 6.45) is 8.48. The van der Waals surface area contributed by atoms with Crippen molar-refractivity contribution in [2.45, 2.75) is 49.3 Å². The number of para-hydroxylation sites is 1. The lowest BCUT2D eigenvalue weighted by atomic mass is 9.78. The van der Waals surface area contributed by atoms with E-state index in [9.17, 15) is 19.5 Å². The van der Waals surface area contributed by atoms with Gasteiger partial charge < -0.3 is 19.8 Å². The molecule has 0 aromatic heterocycles. The number of carbonyl (C=O) groups excluding carboxylic acids is 3. The molecule has 4 aliphatic heterocycles. The van der Waals surface area contributed by atoms with Gasteiger partial charge in [0.25, 0.3) is 5.91 Å². The lowest BCUT2D eigenvalue weighted by molar-refractivity contribution is -0.144. The molecule has 5 rings (SSSR count). The first-order valence-electron chi connectivity index (χ1n) is 12.9. The van der Waals surface area contributed by atoms with Gasteiger partial charge in [-0.05, 0) is 30.9 Å². The van der Waals surface area contributed by atoms with E-state index in [0.717, 1.165) is 5.56 Å². The standard InChI is InChI=1S/C28H34ClN3O4S/c1-16(2)14-18(15-33)32-24-27(36)31(23-17(3)8-5-9-19(23)29)13-7-11-28(24)22(26(32)35)21-20(37-28)10-6-12-30(4)25(21)34/h5-11,16,18,20-22,24,33H,12-15H2,1-4H3/t18-,20+,21-,22+,24?,28+/m1/s1. The van der Waals surface area contributed by atoms with Crippen LogP contribution in [0.2, 0.25) is 5.02 Å². The third-order valence-electron chi connectivity index (χ3n) is 8.10. The molecule has 0 bridgehead atoms. The molecule has 9 heteroatoms. The second-order valence-electron chi connectivity index (χ2n) is 11.0. The fourth-order valence-electron chi connectivity index (χ4n) is 6.58. The maximum absolute atomic E-state index is 14.6. The molecule has 0 radical (unpaired) electrons. The highest BCUT2D eigenvalue weighted by molar-refractivity contribution is 8.02. The molecule has 0 saturated carbocycles. The van der Waals surface area contributed by atoms with Crippen molar-refractivity contribution in [1.82, 2.24) is 9.80 Å². The van der Waals surface area contributed by atoms with Crippen LogP contribution in [0.3, 0.4) is 0 Å². The number of thioether (sulfide) groups is 1. The Balaban J connectivity index is 1.68. The van der Waals surface area contributed by atoms with Crippen LogP contribution in [-0.4, -0.2) is 81.5 Å². The lowest BCUT2D eigenvalue weighted by Crippen LogP contribution is -2.57. The van der Waals surface area contributed by atoms with Crippen molar-refractivity contribution < 1.29 is 19.5 Å². The summed E-state index contributed by atoms with van der Waals surface area (Å²) in [5, 5.41) is 10.7. The van der Waals surface area contributed by atoms with Gasteiger partial charge in [-0.1, -0.05) is 61.9 Å². The quantitative estimate of drug-likeness (QED) is 0.576. The minimum Gasteiger partial charge on any atom is -0.394 e. The molecule has 2 saturated heterocycles. The number of anilines is 1. The van der Waals surface area contributed by atoms with Crippen molar-refractivity contribution in [3.8, 4) is 0 Å². The SMILES string of the molecule is Cc1cccc(Cl)c1N1CC=C[C@]23S[C@H]4C=CCN(C)C(=O)[C@H]4[C@H]2C(=O)N([C@@H](CO)CC(C)C)C3C1=O.